The molecule has 5 heteroatoms. The maximum absolute atomic E-state index is 6.23. The third-order valence-corrected chi connectivity index (χ3v) is 5.48. The predicted octanol–water partition coefficient (Wildman–Crippen LogP) is 6.20. The zero-order valence-electron chi connectivity index (χ0n) is 14.5. The largest absolute Gasteiger partial charge is 0.415 e. The standard InChI is InChI=1S/C22H17ClN2OS/c23-19-14-8-7-13-18(19)15-27-22-25-24-21(26-22)20(16-9-3-1-4-10-16)17-11-5-2-6-12-17/h1-14,20H,15H2. The Bertz CT molecular complexity index is 966. The molecule has 4 aromatic rings. The van der Waals surface area contributed by atoms with E-state index in [1.165, 1.54) is 11.8 Å². The fourth-order valence-electron chi connectivity index (χ4n) is 2.92. The molecule has 0 saturated heterocycles. The number of nitrogens with zero attached hydrogens (tertiary/aromatic N) is 2. The SMILES string of the molecule is Clc1ccccc1CSc1nnc(C(c2ccccc2)c2ccccc2)o1. The van der Waals surface area contributed by atoms with Gasteiger partial charge in [-0.05, 0) is 22.8 Å². The molecule has 27 heavy (non-hydrogen) atoms. The first kappa shape index (κ1) is 17.8. The number of hydrogen-bond acceptors (Lipinski definition) is 4. The van der Waals surface area contributed by atoms with Crippen LogP contribution >= 0.6 is 23.4 Å². The minimum absolute atomic E-state index is 0.0884. The molecule has 0 atom stereocenters. The van der Waals surface area contributed by atoms with Gasteiger partial charge in [0.1, 0.15) is 0 Å². The molecule has 0 spiro atoms. The summed E-state index contributed by atoms with van der Waals surface area (Å²) in [7, 11) is 0. The van der Waals surface area contributed by atoms with Crippen LogP contribution in [-0.2, 0) is 5.75 Å². The van der Waals surface area contributed by atoms with Crippen LogP contribution in [0, 0.1) is 0 Å². The summed E-state index contributed by atoms with van der Waals surface area (Å²) >= 11 is 7.72. The normalized spacial score (nSPS) is 11.0. The molecule has 0 unspecified atom stereocenters. The Labute approximate surface area is 167 Å². The fourth-order valence-corrected chi connectivity index (χ4v) is 3.97. The van der Waals surface area contributed by atoms with Gasteiger partial charge < -0.3 is 4.42 Å². The molecule has 1 heterocycles. The van der Waals surface area contributed by atoms with Gasteiger partial charge in [-0.1, -0.05) is 102 Å². The van der Waals surface area contributed by atoms with Crippen LogP contribution in [0.5, 0.6) is 0 Å². The highest BCUT2D eigenvalue weighted by Gasteiger charge is 2.23. The molecule has 0 N–H and O–H groups in total. The van der Waals surface area contributed by atoms with E-state index in [0.29, 0.717) is 16.9 Å². The molecule has 0 aliphatic heterocycles. The molecule has 3 aromatic carbocycles. The summed E-state index contributed by atoms with van der Waals surface area (Å²) in [5.41, 5.74) is 3.29. The topological polar surface area (TPSA) is 38.9 Å². The average molecular weight is 393 g/mol. The smallest absolute Gasteiger partial charge is 0.276 e. The quantitative estimate of drug-likeness (QED) is 0.366. The Morgan fingerprint density at radius 2 is 1.37 bits per heavy atom. The summed E-state index contributed by atoms with van der Waals surface area (Å²) < 4.78 is 6.01. The first-order valence-electron chi connectivity index (χ1n) is 8.61. The summed E-state index contributed by atoms with van der Waals surface area (Å²) in [5.74, 6) is 1.19. The Morgan fingerprint density at radius 1 is 0.778 bits per heavy atom. The Balaban J connectivity index is 1.60. The van der Waals surface area contributed by atoms with Crippen LogP contribution in [0.25, 0.3) is 0 Å². The van der Waals surface area contributed by atoms with Gasteiger partial charge in [-0.2, -0.15) is 0 Å². The van der Waals surface area contributed by atoms with E-state index in [1.807, 2.05) is 60.7 Å². The van der Waals surface area contributed by atoms with E-state index in [1.54, 1.807) is 0 Å². The molecule has 0 amide bonds. The molecular weight excluding hydrogens is 376 g/mol. The third-order valence-electron chi connectivity index (χ3n) is 4.24. The van der Waals surface area contributed by atoms with Gasteiger partial charge in [0, 0.05) is 10.8 Å². The van der Waals surface area contributed by atoms with Gasteiger partial charge >= 0.3 is 0 Å². The molecule has 0 radical (unpaired) electrons. The highest BCUT2D eigenvalue weighted by molar-refractivity contribution is 7.98. The van der Waals surface area contributed by atoms with Crippen LogP contribution < -0.4 is 0 Å². The van der Waals surface area contributed by atoms with E-state index < -0.39 is 0 Å². The molecule has 3 nitrogen and oxygen atoms in total. The maximum Gasteiger partial charge on any atom is 0.276 e. The van der Waals surface area contributed by atoms with Crippen molar-refractivity contribution < 1.29 is 4.42 Å². The number of thioether (sulfide) groups is 1. The number of aromatic nitrogens is 2. The zero-order valence-corrected chi connectivity index (χ0v) is 16.0. The van der Waals surface area contributed by atoms with Crippen molar-refractivity contribution in [2.75, 3.05) is 0 Å². The zero-order chi connectivity index (χ0) is 18.5. The third kappa shape index (κ3) is 4.24. The second-order valence-corrected chi connectivity index (χ2v) is 7.37. The summed E-state index contributed by atoms with van der Waals surface area (Å²) in [4.78, 5) is 0. The lowest BCUT2D eigenvalue weighted by molar-refractivity contribution is 0.409. The summed E-state index contributed by atoms with van der Waals surface area (Å²) in [6, 6.07) is 28.2. The van der Waals surface area contributed by atoms with Crippen molar-refractivity contribution >= 4 is 23.4 Å². The monoisotopic (exact) mass is 392 g/mol. The minimum Gasteiger partial charge on any atom is -0.415 e. The average Bonchev–Trinajstić information content (AvgIpc) is 3.18. The van der Waals surface area contributed by atoms with Crippen molar-refractivity contribution in [2.24, 2.45) is 0 Å². The molecule has 0 bridgehead atoms. The van der Waals surface area contributed by atoms with Crippen LogP contribution in [0.1, 0.15) is 28.5 Å². The molecule has 134 valence electrons. The first-order chi connectivity index (χ1) is 13.3. The van der Waals surface area contributed by atoms with Crippen molar-refractivity contribution in [1.29, 1.82) is 0 Å². The van der Waals surface area contributed by atoms with E-state index in [4.69, 9.17) is 16.0 Å². The number of rotatable bonds is 6. The van der Waals surface area contributed by atoms with Crippen molar-refractivity contribution in [3.63, 3.8) is 0 Å². The molecule has 0 aliphatic carbocycles. The van der Waals surface area contributed by atoms with Crippen molar-refractivity contribution in [1.82, 2.24) is 10.2 Å². The predicted molar refractivity (Wildman–Crippen MR) is 109 cm³/mol. The van der Waals surface area contributed by atoms with E-state index >= 15 is 0 Å². The highest BCUT2D eigenvalue weighted by atomic mass is 35.5. The minimum atomic E-state index is -0.0884. The van der Waals surface area contributed by atoms with Gasteiger partial charge in [-0.3, -0.25) is 0 Å². The second-order valence-electron chi connectivity index (χ2n) is 6.04. The number of benzene rings is 3. The lowest BCUT2D eigenvalue weighted by Crippen LogP contribution is -2.03. The highest BCUT2D eigenvalue weighted by Crippen LogP contribution is 2.33. The van der Waals surface area contributed by atoms with Crippen molar-refractivity contribution in [2.45, 2.75) is 16.9 Å². The van der Waals surface area contributed by atoms with Crippen LogP contribution in [0.15, 0.2) is 94.6 Å². The molecule has 0 saturated carbocycles. The van der Waals surface area contributed by atoms with E-state index in [9.17, 15) is 0 Å². The lowest BCUT2D eigenvalue weighted by atomic mass is 9.91. The van der Waals surface area contributed by atoms with Crippen molar-refractivity contribution in [3.05, 3.63) is 113 Å². The van der Waals surface area contributed by atoms with Crippen LogP contribution in [0.4, 0.5) is 0 Å². The van der Waals surface area contributed by atoms with E-state index in [-0.39, 0.29) is 5.92 Å². The van der Waals surface area contributed by atoms with Gasteiger partial charge in [-0.25, -0.2) is 0 Å². The lowest BCUT2D eigenvalue weighted by Gasteiger charge is -2.13. The fraction of sp³-hybridized carbons (Fsp3) is 0.0909. The summed E-state index contributed by atoms with van der Waals surface area (Å²) in [6.07, 6.45) is 0. The van der Waals surface area contributed by atoms with E-state index in [2.05, 4.69) is 34.5 Å². The molecule has 1 aromatic heterocycles. The van der Waals surface area contributed by atoms with E-state index in [0.717, 1.165) is 21.7 Å². The molecular formula is C22H17ClN2OS. The number of halogens is 1. The van der Waals surface area contributed by atoms with Gasteiger partial charge in [0.05, 0.1) is 5.92 Å². The molecule has 0 fully saturated rings. The Morgan fingerprint density at radius 3 is 2.00 bits per heavy atom. The van der Waals surface area contributed by atoms with Gasteiger partial charge in [0.25, 0.3) is 5.22 Å². The van der Waals surface area contributed by atoms with Gasteiger partial charge in [0.2, 0.25) is 5.89 Å². The van der Waals surface area contributed by atoms with Crippen LogP contribution in [-0.4, -0.2) is 10.2 Å². The van der Waals surface area contributed by atoms with Crippen molar-refractivity contribution in [3.8, 4) is 0 Å². The Hall–Kier alpha value is -2.56. The van der Waals surface area contributed by atoms with Crippen LogP contribution in [0.3, 0.4) is 0 Å². The van der Waals surface area contributed by atoms with Gasteiger partial charge in [0.15, 0.2) is 0 Å². The van der Waals surface area contributed by atoms with Gasteiger partial charge in [-0.15, -0.1) is 10.2 Å². The second kappa shape index (κ2) is 8.42. The summed E-state index contributed by atoms with van der Waals surface area (Å²) in [5, 5.41) is 9.86. The molecule has 0 aliphatic rings. The maximum atomic E-state index is 6.23. The summed E-state index contributed by atoms with van der Waals surface area (Å²) in [6.45, 7) is 0. The molecule has 4 rings (SSSR count). The number of hydrogen-bond donors (Lipinski definition) is 0. The first-order valence-corrected chi connectivity index (χ1v) is 9.97. The Kier molecular flexibility index (Phi) is 5.56. The van der Waals surface area contributed by atoms with Crippen LogP contribution in [0.2, 0.25) is 5.02 Å².